The van der Waals surface area contributed by atoms with Gasteiger partial charge in [0.25, 0.3) is 0 Å². The average molecular weight is 467 g/mol. The number of nitrogens with one attached hydrogen (secondary N) is 1. The fourth-order valence-electron chi connectivity index (χ4n) is 3.58. The van der Waals surface area contributed by atoms with Gasteiger partial charge in [-0.1, -0.05) is 0 Å². The number of carbonyl (C=O) groups excluding carboxylic acids is 2. The van der Waals surface area contributed by atoms with Crippen LogP contribution in [-0.4, -0.2) is 63.4 Å². The molecule has 0 aromatic carbocycles. The van der Waals surface area contributed by atoms with Gasteiger partial charge in [0.15, 0.2) is 5.69 Å². The van der Waals surface area contributed by atoms with Gasteiger partial charge in [-0.2, -0.15) is 14.5 Å². The van der Waals surface area contributed by atoms with E-state index in [0.29, 0.717) is 31.6 Å². The molecule has 0 bridgehead atoms. The molecule has 0 saturated carbocycles. The molecule has 3 rings (SSSR count). The van der Waals surface area contributed by atoms with Crippen molar-refractivity contribution in [3.8, 4) is 0 Å². The molecular weight excluding hydrogens is 436 g/mol. The van der Waals surface area contributed by atoms with Gasteiger partial charge in [-0.15, -0.1) is 0 Å². The van der Waals surface area contributed by atoms with Crippen LogP contribution >= 0.6 is 0 Å². The second-order valence-electron chi connectivity index (χ2n) is 8.11. The Labute approximate surface area is 187 Å². The van der Waals surface area contributed by atoms with Crippen LogP contribution in [0.3, 0.4) is 0 Å². The summed E-state index contributed by atoms with van der Waals surface area (Å²) >= 11 is 0. The number of hydrogen-bond acceptors (Lipinski definition) is 7. The highest BCUT2D eigenvalue weighted by molar-refractivity contribution is 7.89. The molecule has 0 radical (unpaired) electrons. The fourth-order valence-corrected chi connectivity index (χ4v) is 5.29. The molecule has 1 amide bonds. The first kappa shape index (κ1) is 23.9. The molecule has 2 aromatic heterocycles. The van der Waals surface area contributed by atoms with Gasteiger partial charge >= 0.3 is 5.97 Å². The van der Waals surface area contributed by atoms with Crippen LogP contribution in [0.2, 0.25) is 0 Å². The lowest BCUT2D eigenvalue weighted by Gasteiger charge is -2.31. The number of carbonyl (C=O) groups is 2. The Bertz CT molecular complexity index is 1100. The Morgan fingerprint density at radius 2 is 2.06 bits per heavy atom. The van der Waals surface area contributed by atoms with Crippen LogP contribution in [0.4, 0.5) is 5.69 Å². The molecule has 1 N–H and O–H groups in total. The Morgan fingerprint density at radius 3 is 2.66 bits per heavy atom. The molecule has 1 aliphatic heterocycles. The van der Waals surface area contributed by atoms with E-state index >= 15 is 0 Å². The Morgan fingerprint density at radius 1 is 1.34 bits per heavy atom. The summed E-state index contributed by atoms with van der Waals surface area (Å²) in [6, 6.07) is 0. The molecule has 1 fully saturated rings. The number of amides is 1. The van der Waals surface area contributed by atoms with Crippen molar-refractivity contribution in [1.29, 1.82) is 0 Å². The standard InChI is InChI=1S/C20H30N6O5S/c1-6-25-12-16(18(23-25)20(28)31-13(2)3)22-19(27)15-8-7-9-26(11-15)32(29,30)17-10-21-24(5)14(17)4/h10,12-13,15H,6-9,11H2,1-5H3,(H,22,27). The van der Waals surface area contributed by atoms with Crippen LogP contribution in [0, 0.1) is 12.8 Å². The van der Waals surface area contributed by atoms with Crippen molar-refractivity contribution in [2.24, 2.45) is 13.0 Å². The zero-order valence-electron chi connectivity index (χ0n) is 19.0. The second kappa shape index (κ2) is 9.41. The largest absolute Gasteiger partial charge is 0.458 e. The minimum Gasteiger partial charge on any atom is -0.458 e. The lowest BCUT2D eigenvalue weighted by atomic mass is 9.99. The van der Waals surface area contributed by atoms with Crippen LogP contribution in [-0.2, 0) is 33.1 Å². The van der Waals surface area contributed by atoms with E-state index in [1.54, 1.807) is 34.0 Å². The van der Waals surface area contributed by atoms with Crippen LogP contribution in [0.25, 0.3) is 0 Å². The van der Waals surface area contributed by atoms with Gasteiger partial charge in [0.1, 0.15) is 4.90 Å². The van der Waals surface area contributed by atoms with Gasteiger partial charge in [-0.05, 0) is 40.5 Å². The Hall–Kier alpha value is -2.73. The third-order valence-electron chi connectivity index (χ3n) is 5.44. The van der Waals surface area contributed by atoms with Crippen LogP contribution in [0.5, 0.6) is 0 Å². The van der Waals surface area contributed by atoms with Gasteiger partial charge in [0, 0.05) is 32.9 Å². The summed E-state index contributed by atoms with van der Waals surface area (Å²) in [5.74, 6) is -1.54. The van der Waals surface area contributed by atoms with E-state index in [-0.39, 0.29) is 34.8 Å². The van der Waals surface area contributed by atoms with Crippen molar-refractivity contribution in [3.05, 3.63) is 23.8 Å². The lowest BCUT2D eigenvalue weighted by molar-refractivity contribution is -0.120. The number of anilines is 1. The summed E-state index contributed by atoms with van der Waals surface area (Å²) in [7, 11) is -2.09. The summed E-state index contributed by atoms with van der Waals surface area (Å²) in [5, 5.41) is 11.0. The summed E-state index contributed by atoms with van der Waals surface area (Å²) < 4.78 is 35.8. The molecule has 3 heterocycles. The van der Waals surface area contributed by atoms with E-state index in [4.69, 9.17) is 4.74 Å². The first-order chi connectivity index (χ1) is 15.0. The molecule has 11 nitrogen and oxygen atoms in total. The number of sulfonamides is 1. The van der Waals surface area contributed by atoms with E-state index in [0.717, 1.165) is 0 Å². The number of piperidine rings is 1. The number of aromatic nitrogens is 4. The SMILES string of the molecule is CCn1cc(NC(=O)C2CCCN(S(=O)(=O)c3cnn(C)c3C)C2)c(C(=O)OC(C)C)n1. The molecule has 12 heteroatoms. The topological polar surface area (TPSA) is 128 Å². The normalized spacial score (nSPS) is 17.5. The molecule has 0 spiro atoms. The van der Waals surface area contributed by atoms with Crippen molar-refractivity contribution in [3.63, 3.8) is 0 Å². The first-order valence-electron chi connectivity index (χ1n) is 10.6. The van der Waals surface area contributed by atoms with Crippen molar-refractivity contribution in [2.75, 3.05) is 18.4 Å². The number of ether oxygens (including phenoxy) is 1. The number of hydrogen-bond donors (Lipinski definition) is 1. The Balaban J connectivity index is 1.77. The van der Waals surface area contributed by atoms with E-state index in [9.17, 15) is 18.0 Å². The van der Waals surface area contributed by atoms with E-state index in [1.165, 1.54) is 19.9 Å². The smallest absolute Gasteiger partial charge is 0.361 e. The van der Waals surface area contributed by atoms with Gasteiger partial charge in [0.2, 0.25) is 15.9 Å². The van der Waals surface area contributed by atoms with Crippen molar-refractivity contribution >= 4 is 27.6 Å². The van der Waals surface area contributed by atoms with E-state index in [2.05, 4.69) is 15.5 Å². The summed E-state index contributed by atoms with van der Waals surface area (Å²) in [6.07, 6.45) is 3.67. The monoisotopic (exact) mass is 466 g/mol. The van der Waals surface area contributed by atoms with Crippen molar-refractivity contribution in [2.45, 2.75) is 58.1 Å². The molecule has 2 aromatic rings. The summed E-state index contributed by atoms with van der Waals surface area (Å²) in [4.78, 5) is 25.5. The number of esters is 1. The van der Waals surface area contributed by atoms with Gasteiger partial charge in [0.05, 0.1) is 29.6 Å². The molecule has 176 valence electrons. The maximum atomic E-state index is 13.1. The third kappa shape index (κ3) is 4.85. The maximum Gasteiger partial charge on any atom is 0.361 e. The predicted octanol–water partition coefficient (Wildman–Crippen LogP) is 1.55. The zero-order valence-corrected chi connectivity index (χ0v) is 19.8. The molecule has 1 aliphatic rings. The number of aryl methyl sites for hydroxylation is 2. The van der Waals surface area contributed by atoms with Crippen LogP contribution in [0.1, 0.15) is 49.8 Å². The molecule has 0 aliphatic carbocycles. The minimum atomic E-state index is -3.77. The molecule has 1 saturated heterocycles. The number of rotatable bonds is 7. The number of nitrogens with zero attached hydrogens (tertiary/aromatic N) is 5. The molecule has 32 heavy (non-hydrogen) atoms. The quantitative estimate of drug-likeness (QED) is 0.613. The van der Waals surface area contributed by atoms with E-state index < -0.39 is 21.9 Å². The molecule has 1 unspecified atom stereocenters. The fraction of sp³-hybridized carbons (Fsp3) is 0.600. The third-order valence-corrected chi connectivity index (χ3v) is 7.41. The average Bonchev–Trinajstić information content (AvgIpc) is 3.31. The van der Waals surface area contributed by atoms with Gasteiger partial charge < -0.3 is 10.1 Å². The van der Waals surface area contributed by atoms with Gasteiger partial charge in [-0.25, -0.2) is 13.2 Å². The molecule has 1 atom stereocenters. The van der Waals surface area contributed by atoms with Crippen LogP contribution < -0.4 is 5.32 Å². The summed E-state index contributed by atoms with van der Waals surface area (Å²) in [5.41, 5.74) is 0.822. The maximum absolute atomic E-state index is 13.1. The van der Waals surface area contributed by atoms with Crippen molar-refractivity contribution in [1.82, 2.24) is 23.9 Å². The lowest BCUT2D eigenvalue weighted by Crippen LogP contribution is -2.43. The minimum absolute atomic E-state index is 0.0279. The second-order valence-corrected chi connectivity index (χ2v) is 10.0. The Kier molecular flexibility index (Phi) is 7.03. The highest BCUT2D eigenvalue weighted by Crippen LogP contribution is 2.27. The van der Waals surface area contributed by atoms with E-state index in [1.807, 2.05) is 6.92 Å². The first-order valence-corrected chi connectivity index (χ1v) is 12.1. The van der Waals surface area contributed by atoms with Crippen molar-refractivity contribution < 1.29 is 22.7 Å². The zero-order chi connectivity index (χ0) is 23.6. The molecular formula is C20H30N6O5S. The summed E-state index contributed by atoms with van der Waals surface area (Å²) in [6.45, 7) is 7.91. The highest BCUT2D eigenvalue weighted by atomic mass is 32.2. The predicted molar refractivity (Wildman–Crippen MR) is 117 cm³/mol. The van der Waals surface area contributed by atoms with Crippen LogP contribution in [0.15, 0.2) is 17.3 Å². The van der Waals surface area contributed by atoms with Gasteiger partial charge in [-0.3, -0.25) is 14.2 Å². The highest BCUT2D eigenvalue weighted by Gasteiger charge is 2.35.